The molecule has 114 valence electrons. The van der Waals surface area contributed by atoms with Crippen molar-refractivity contribution < 1.29 is 23.7 Å². The molecule has 0 aliphatic heterocycles. The maximum Gasteiger partial charge on any atom is 0.508 e. The third kappa shape index (κ3) is 15.1. The first-order valence-corrected chi connectivity index (χ1v) is 7.17. The zero-order valence-corrected chi connectivity index (χ0v) is 12.3. The van der Waals surface area contributed by atoms with Gasteiger partial charge in [-0.15, -0.1) is 0 Å². The Morgan fingerprint density at radius 2 is 1.42 bits per heavy atom. The minimum absolute atomic E-state index is 0.221. The number of rotatable bonds is 13. The van der Waals surface area contributed by atoms with E-state index in [0.29, 0.717) is 26.4 Å². The van der Waals surface area contributed by atoms with Crippen LogP contribution in [0.5, 0.6) is 0 Å². The van der Waals surface area contributed by atoms with Crippen molar-refractivity contribution in [3.63, 3.8) is 0 Å². The first-order valence-electron chi connectivity index (χ1n) is 7.17. The highest BCUT2D eigenvalue weighted by Crippen LogP contribution is 2.05. The maximum absolute atomic E-state index is 11.1. The summed E-state index contributed by atoms with van der Waals surface area (Å²) in [4.78, 5) is 11.1. The minimum Gasteiger partial charge on any atom is -0.434 e. The lowest BCUT2D eigenvalue weighted by molar-refractivity contribution is 0.0151. The molecule has 0 N–H and O–H groups in total. The fourth-order valence-electron chi connectivity index (χ4n) is 1.51. The second kappa shape index (κ2) is 15.2. The first kappa shape index (κ1) is 18.2. The topological polar surface area (TPSA) is 54.0 Å². The van der Waals surface area contributed by atoms with Crippen LogP contribution in [0.3, 0.4) is 0 Å². The predicted octanol–water partition coefficient (Wildman–Crippen LogP) is 3.16. The number of hydrogen-bond acceptors (Lipinski definition) is 5. The molecule has 0 atom stereocenters. The Morgan fingerprint density at radius 3 is 2.16 bits per heavy atom. The standard InChI is InChI=1S/C14H28O5/c1-3-4-5-6-7-8-9-18-14(15)19-13-12-17-11-10-16-2/h3-13H2,1-2H3. The van der Waals surface area contributed by atoms with Crippen LogP contribution in [0.15, 0.2) is 0 Å². The molecule has 0 unspecified atom stereocenters. The third-order valence-corrected chi connectivity index (χ3v) is 2.60. The van der Waals surface area contributed by atoms with Crippen LogP contribution in [0, 0.1) is 0 Å². The maximum atomic E-state index is 11.1. The zero-order valence-electron chi connectivity index (χ0n) is 12.3. The van der Waals surface area contributed by atoms with Gasteiger partial charge < -0.3 is 18.9 Å². The molecule has 0 amide bonds. The van der Waals surface area contributed by atoms with Crippen molar-refractivity contribution in [3.8, 4) is 0 Å². The van der Waals surface area contributed by atoms with Gasteiger partial charge in [-0.3, -0.25) is 0 Å². The Bertz CT molecular complexity index is 196. The van der Waals surface area contributed by atoms with Crippen LogP contribution in [-0.4, -0.2) is 46.3 Å². The Kier molecular flexibility index (Phi) is 14.6. The highest BCUT2D eigenvalue weighted by Gasteiger charge is 2.02. The van der Waals surface area contributed by atoms with Gasteiger partial charge in [0.25, 0.3) is 0 Å². The van der Waals surface area contributed by atoms with E-state index in [1.807, 2.05) is 0 Å². The highest BCUT2D eigenvalue weighted by molar-refractivity contribution is 5.59. The van der Waals surface area contributed by atoms with Gasteiger partial charge in [0.05, 0.1) is 26.4 Å². The molecular weight excluding hydrogens is 248 g/mol. The summed E-state index contributed by atoms with van der Waals surface area (Å²) in [6.45, 7) is 4.28. The normalized spacial score (nSPS) is 10.4. The molecule has 0 heterocycles. The third-order valence-electron chi connectivity index (χ3n) is 2.60. The SMILES string of the molecule is CCCCCCCCOC(=O)OCCOCCOC. The van der Waals surface area contributed by atoms with Crippen LogP contribution in [0.2, 0.25) is 0 Å². The molecule has 0 aliphatic rings. The molecular formula is C14H28O5. The Hall–Kier alpha value is -0.810. The van der Waals surface area contributed by atoms with Crippen molar-refractivity contribution in [2.45, 2.75) is 45.4 Å². The average Bonchev–Trinajstić information content (AvgIpc) is 2.41. The van der Waals surface area contributed by atoms with Gasteiger partial charge in [-0.1, -0.05) is 39.0 Å². The van der Waals surface area contributed by atoms with Crippen LogP contribution in [0.25, 0.3) is 0 Å². The lowest BCUT2D eigenvalue weighted by Crippen LogP contribution is -2.14. The molecule has 0 aliphatic carbocycles. The number of methoxy groups -OCH3 is 1. The molecule has 0 aromatic heterocycles. The monoisotopic (exact) mass is 276 g/mol. The van der Waals surface area contributed by atoms with Gasteiger partial charge in [0.2, 0.25) is 0 Å². The first-order chi connectivity index (χ1) is 9.31. The van der Waals surface area contributed by atoms with Gasteiger partial charge in [0.1, 0.15) is 6.61 Å². The summed E-state index contributed by atoms with van der Waals surface area (Å²) in [5, 5.41) is 0. The van der Waals surface area contributed by atoms with Crippen LogP contribution in [0.1, 0.15) is 45.4 Å². The number of unbranched alkanes of at least 4 members (excludes halogenated alkanes) is 5. The smallest absolute Gasteiger partial charge is 0.434 e. The summed E-state index contributed by atoms with van der Waals surface area (Å²) in [5.41, 5.74) is 0. The Labute approximate surface area is 116 Å². The van der Waals surface area contributed by atoms with Gasteiger partial charge in [0.15, 0.2) is 0 Å². The van der Waals surface area contributed by atoms with Gasteiger partial charge >= 0.3 is 6.16 Å². The minimum atomic E-state index is -0.608. The quantitative estimate of drug-likeness (QED) is 0.382. The largest absolute Gasteiger partial charge is 0.508 e. The van der Waals surface area contributed by atoms with E-state index < -0.39 is 6.16 Å². The van der Waals surface area contributed by atoms with Gasteiger partial charge in [0, 0.05) is 7.11 Å². The molecule has 0 saturated heterocycles. The van der Waals surface area contributed by atoms with Crippen LogP contribution < -0.4 is 0 Å². The van der Waals surface area contributed by atoms with Crippen LogP contribution in [0.4, 0.5) is 4.79 Å². The number of carbonyl (C=O) groups is 1. The summed E-state index contributed by atoms with van der Waals surface area (Å²) < 4.78 is 19.7. The second-order valence-electron chi connectivity index (χ2n) is 4.32. The van der Waals surface area contributed by atoms with Gasteiger partial charge in [-0.25, -0.2) is 4.79 Å². The van der Waals surface area contributed by atoms with E-state index >= 15 is 0 Å². The van der Waals surface area contributed by atoms with E-state index in [1.54, 1.807) is 7.11 Å². The molecule has 0 bridgehead atoms. The molecule has 0 radical (unpaired) electrons. The fraction of sp³-hybridized carbons (Fsp3) is 0.929. The molecule has 0 aromatic carbocycles. The fourth-order valence-corrected chi connectivity index (χ4v) is 1.51. The van der Waals surface area contributed by atoms with Crippen molar-refractivity contribution in [1.82, 2.24) is 0 Å². The molecule has 0 spiro atoms. The molecule has 0 aromatic rings. The predicted molar refractivity (Wildman–Crippen MR) is 73.4 cm³/mol. The lowest BCUT2D eigenvalue weighted by Gasteiger charge is -2.06. The van der Waals surface area contributed by atoms with E-state index in [0.717, 1.165) is 12.8 Å². The van der Waals surface area contributed by atoms with Crippen LogP contribution in [-0.2, 0) is 18.9 Å². The summed E-state index contributed by atoms with van der Waals surface area (Å²) >= 11 is 0. The van der Waals surface area contributed by atoms with Crippen molar-refractivity contribution in [2.24, 2.45) is 0 Å². The van der Waals surface area contributed by atoms with E-state index in [1.165, 1.54) is 25.7 Å². The highest BCUT2D eigenvalue weighted by atomic mass is 16.7. The van der Waals surface area contributed by atoms with E-state index in [4.69, 9.17) is 18.9 Å². The van der Waals surface area contributed by atoms with E-state index in [2.05, 4.69) is 6.92 Å². The second-order valence-corrected chi connectivity index (χ2v) is 4.32. The number of ether oxygens (including phenoxy) is 4. The summed E-state index contributed by atoms with van der Waals surface area (Å²) in [5.74, 6) is 0. The molecule has 19 heavy (non-hydrogen) atoms. The van der Waals surface area contributed by atoms with Crippen molar-refractivity contribution in [2.75, 3.05) is 40.1 Å². The van der Waals surface area contributed by atoms with Crippen molar-refractivity contribution >= 4 is 6.16 Å². The van der Waals surface area contributed by atoms with Crippen LogP contribution >= 0.6 is 0 Å². The molecule has 0 rings (SSSR count). The molecule has 5 nitrogen and oxygen atoms in total. The molecule has 0 fully saturated rings. The number of hydrogen-bond donors (Lipinski definition) is 0. The zero-order chi connectivity index (χ0) is 14.2. The Balaban J connectivity index is 3.13. The molecule has 5 heteroatoms. The van der Waals surface area contributed by atoms with E-state index in [9.17, 15) is 4.79 Å². The summed E-state index contributed by atoms with van der Waals surface area (Å²) in [6, 6.07) is 0. The average molecular weight is 276 g/mol. The molecule has 0 saturated carbocycles. The summed E-state index contributed by atoms with van der Waals surface area (Å²) in [7, 11) is 1.61. The summed E-state index contributed by atoms with van der Waals surface area (Å²) in [6.07, 6.45) is 6.40. The van der Waals surface area contributed by atoms with Crippen molar-refractivity contribution in [1.29, 1.82) is 0 Å². The van der Waals surface area contributed by atoms with Crippen molar-refractivity contribution in [3.05, 3.63) is 0 Å². The Morgan fingerprint density at radius 1 is 0.789 bits per heavy atom. The van der Waals surface area contributed by atoms with Gasteiger partial charge in [-0.2, -0.15) is 0 Å². The lowest BCUT2D eigenvalue weighted by atomic mass is 10.1. The van der Waals surface area contributed by atoms with E-state index in [-0.39, 0.29) is 6.61 Å². The number of carbonyl (C=O) groups excluding carboxylic acids is 1. The van der Waals surface area contributed by atoms with Gasteiger partial charge in [-0.05, 0) is 6.42 Å².